The molecule has 1 aliphatic rings. The first-order chi connectivity index (χ1) is 10.9. The minimum Gasteiger partial charge on any atom is -0.481 e. The van der Waals surface area contributed by atoms with Gasteiger partial charge in [0.2, 0.25) is 0 Å². The van der Waals surface area contributed by atoms with Crippen molar-refractivity contribution in [3.8, 4) is 0 Å². The molecule has 0 saturated carbocycles. The molecule has 1 aliphatic carbocycles. The Bertz CT molecular complexity index is 458. The highest BCUT2D eigenvalue weighted by Gasteiger charge is 2.44. The molecule has 0 aliphatic heterocycles. The van der Waals surface area contributed by atoms with Crippen molar-refractivity contribution < 1.29 is 39.2 Å². The molecular formula is C15H22O8. The van der Waals surface area contributed by atoms with E-state index in [4.69, 9.17) is 14.6 Å². The van der Waals surface area contributed by atoms with Crippen LogP contribution in [0.4, 0.5) is 0 Å². The first-order valence-electron chi connectivity index (χ1n) is 7.36. The summed E-state index contributed by atoms with van der Waals surface area (Å²) in [4.78, 5) is 34.5. The standard InChI is InChI=1S/C15H22O8/c1-9-2-3-10(13(15(20)21)12(9)14(18)19)8-11(17)23-7-6-22-5-4-16/h2-3,9-10,12-13,16H,4-8H2,1H3,(H,18,19)(H,20,21). The minimum absolute atomic E-state index is 0.00817. The van der Waals surface area contributed by atoms with Crippen molar-refractivity contribution in [2.24, 2.45) is 23.7 Å². The molecule has 0 saturated heterocycles. The maximum Gasteiger partial charge on any atom is 0.308 e. The maximum absolute atomic E-state index is 11.8. The van der Waals surface area contributed by atoms with Crippen molar-refractivity contribution in [1.29, 1.82) is 0 Å². The number of carboxylic acid groups (broad SMARTS) is 2. The van der Waals surface area contributed by atoms with E-state index in [9.17, 15) is 24.6 Å². The summed E-state index contributed by atoms with van der Waals surface area (Å²) in [5, 5.41) is 27.1. The van der Waals surface area contributed by atoms with E-state index in [1.165, 1.54) is 0 Å². The molecule has 130 valence electrons. The predicted octanol–water partition coefficient (Wildman–Crippen LogP) is 0.152. The number of esters is 1. The van der Waals surface area contributed by atoms with Gasteiger partial charge in [0.25, 0.3) is 0 Å². The van der Waals surface area contributed by atoms with E-state index < -0.39 is 41.6 Å². The lowest BCUT2D eigenvalue weighted by atomic mass is 9.70. The fraction of sp³-hybridized carbons (Fsp3) is 0.667. The number of hydrogen-bond acceptors (Lipinski definition) is 6. The topological polar surface area (TPSA) is 130 Å². The van der Waals surface area contributed by atoms with E-state index >= 15 is 0 Å². The molecule has 0 aromatic carbocycles. The first kappa shape index (κ1) is 19.1. The molecule has 0 aromatic heterocycles. The molecule has 4 unspecified atom stereocenters. The van der Waals surface area contributed by atoms with Crippen LogP contribution in [-0.2, 0) is 23.9 Å². The van der Waals surface area contributed by atoms with Gasteiger partial charge in [0.1, 0.15) is 6.61 Å². The lowest BCUT2D eigenvalue weighted by molar-refractivity contribution is -0.159. The molecule has 8 heteroatoms. The Hall–Kier alpha value is -1.93. The number of aliphatic carboxylic acids is 2. The van der Waals surface area contributed by atoms with Gasteiger partial charge in [0.15, 0.2) is 0 Å². The molecule has 0 radical (unpaired) electrons. The van der Waals surface area contributed by atoms with Crippen LogP contribution in [0.1, 0.15) is 13.3 Å². The number of carbonyl (C=O) groups is 3. The lowest BCUT2D eigenvalue weighted by Crippen LogP contribution is -2.41. The first-order valence-corrected chi connectivity index (χ1v) is 7.36. The number of carboxylic acids is 2. The van der Waals surface area contributed by atoms with Crippen molar-refractivity contribution in [3.05, 3.63) is 12.2 Å². The Morgan fingerprint density at radius 3 is 2.22 bits per heavy atom. The van der Waals surface area contributed by atoms with Gasteiger partial charge in [0.05, 0.1) is 38.1 Å². The summed E-state index contributed by atoms with van der Waals surface area (Å²) in [6.45, 7) is 1.77. The van der Waals surface area contributed by atoms with Gasteiger partial charge in [-0.05, 0) is 5.92 Å². The largest absolute Gasteiger partial charge is 0.481 e. The van der Waals surface area contributed by atoms with E-state index in [1.54, 1.807) is 19.1 Å². The summed E-state index contributed by atoms with van der Waals surface area (Å²) in [6.07, 6.45) is 3.00. The molecule has 0 aromatic rings. The number of aliphatic hydroxyl groups is 1. The highest BCUT2D eigenvalue weighted by molar-refractivity contribution is 5.82. The minimum atomic E-state index is -1.24. The highest BCUT2D eigenvalue weighted by atomic mass is 16.6. The van der Waals surface area contributed by atoms with Crippen LogP contribution in [0.5, 0.6) is 0 Å². The molecule has 3 N–H and O–H groups in total. The van der Waals surface area contributed by atoms with Gasteiger partial charge in [-0.3, -0.25) is 14.4 Å². The lowest BCUT2D eigenvalue weighted by Gasteiger charge is -2.32. The molecular weight excluding hydrogens is 308 g/mol. The van der Waals surface area contributed by atoms with Gasteiger partial charge in [-0.1, -0.05) is 19.1 Å². The van der Waals surface area contributed by atoms with E-state index in [0.29, 0.717) is 0 Å². The third-order valence-corrected chi connectivity index (χ3v) is 3.78. The zero-order valence-electron chi connectivity index (χ0n) is 12.9. The summed E-state index contributed by atoms with van der Waals surface area (Å²) in [5.41, 5.74) is 0. The third-order valence-electron chi connectivity index (χ3n) is 3.78. The Balaban J connectivity index is 2.62. The molecule has 0 spiro atoms. The van der Waals surface area contributed by atoms with Gasteiger partial charge in [-0.15, -0.1) is 0 Å². The Morgan fingerprint density at radius 2 is 1.65 bits per heavy atom. The Morgan fingerprint density at radius 1 is 1.00 bits per heavy atom. The molecule has 4 atom stereocenters. The van der Waals surface area contributed by atoms with Crippen LogP contribution in [0.15, 0.2) is 12.2 Å². The summed E-state index contributed by atoms with van der Waals surface area (Å²) < 4.78 is 9.85. The molecule has 23 heavy (non-hydrogen) atoms. The van der Waals surface area contributed by atoms with Crippen LogP contribution in [0.2, 0.25) is 0 Å². The molecule has 0 heterocycles. The van der Waals surface area contributed by atoms with E-state index in [2.05, 4.69) is 0 Å². The van der Waals surface area contributed by atoms with Gasteiger partial charge in [-0.25, -0.2) is 0 Å². The SMILES string of the molecule is CC1C=CC(CC(=O)OCCOCCO)C(C(=O)O)C1C(=O)O. The predicted molar refractivity (Wildman–Crippen MR) is 77.5 cm³/mol. The van der Waals surface area contributed by atoms with Gasteiger partial charge in [-0.2, -0.15) is 0 Å². The second-order valence-electron chi connectivity index (χ2n) is 5.40. The zero-order chi connectivity index (χ0) is 17.4. The number of carbonyl (C=O) groups excluding carboxylic acids is 1. The number of allylic oxidation sites excluding steroid dienone is 2. The van der Waals surface area contributed by atoms with Gasteiger partial charge < -0.3 is 24.8 Å². The molecule has 0 bridgehead atoms. The average molecular weight is 330 g/mol. The van der Waals surface area contributed by atoms with Crippen molar-refractivity contribution in [3.63, 3.8) is 0 Å². The highest BCUT2D eigenvalue weighted by Crippen LogP contribution is 2.36. The number of hydrogen-bond donors (Lipinski definition) is 3. The van der Waals surface area contributed by atoms with Crippen molar-refractivity contribution in [2.45, 2.75) is 13.3 Å². The molecule has 8 nitrogen and oxygen atoms in total. The quantitative estimate of drug-likeness (QED) is 0.309. The average Bonchev–Trinajstić information content (AvgIpc) is 2.47. The zero-order valence-corrected chi connectivity index (χ0v) is 12.9. The summed E-state index contributed by atoms with van der Waals surface area (Å²) in [6, 6.07) is 0. The third kappa shape index (κ3) is 5.65. The van der Waals surface area contributed by atoms with E-state index in [0.717, 1.165) is 0 Å². The smallest absolute Gasteiger partial charge is 0.308 e. The fourth-order valence-electron chi connectivity index (χ4n) is 2.69. The second-order valence-corrected chi connectivity index (χ2v) is 5.40. The fourth-order valence-corrected chi connectivity index (χ4v) is 2.69. The molecule has 0 fully saturated rings. The molecule has 0 amide bonds. The van der Waals surface area contributed by atoms with Crippen LogP contribution >= 0.6 is 0 Å². The number of ether oxygens (including phenoxy) is 2. The van der Waals surface area contributed by atoms with Gasteiger partial charge in [0, 0.05) is 5.92 Å². The van der Waals surface area contributed by atoms with Gasteiger partial charge >= 0.3 is 17.9 Å². The van der Waals surface area contributed by atoms with Crippen molar-refractivity contribution in [1.82, 2.24) is 0 Å². The molecule has 1 rings (SSSR count). The summed E-state index contributed by atoms with van der Waals surface area (Å²) >= 11 is 0. The summed E-state index contributed by atoms with van der Waals surface area (Å²) in [7, 11) is 0. The van der Waals surface area contributed by atoms with Crippen LogP contribution in [0.3, 0.4) is 0 Å². The monoisotopic (exact) mass is 330 g/mol. The van der Waals surface area contributed by atoms with Crippen LogP contribution < -0.4 is 0 Å². The van der Waals surface area contributed by atoms with Crippen LogP contribution in [0, 0.1) is 23.7 Å². The maximum atomic E-state index is 11.8. The number of aliphatic hydroxyl groups excluding tert-OH is 1. The van der Waals surface area contributed by atoms with Crippen molar-refractivity contribution >= 4 is 17.9 Å². The van der Waals surface area contributed by atoms with Crippen molar-refractivity contribution in [2.75, 3.05) is 26.4 Å². The Labute approximate surface area is 133 Å². The number of rotatable bonds is 9. The Kier molecular flexibility index (Phi) is 7.70. The van der Waals surface area contributed by atoms with Crippen LogP contribution in [0.25, 0.3) is 0 Å². The van der Waals surface area contributed by atoms with E-state index in [-0.39, 0.29) is 32.8 Å². The normalized spacial score (nSPS) is 26.7. The second kappa shape index (κ2) is 9.26. The van der Waals surface area contributed by atoms with E-state index in [1.807, 2.05) is 0 Å². The van der Waals surface area contributed by atoms with Crippen LogP contribution in [-0.4, -0.2) is 59.7 Å². The summed E-state index contributed by atoms with van der Waals surface area (Å²) in [5.74, 6) is -6.45.